The van der Waals surface area contributed by atoms with Gasteiger partial charge in [0.05, 0.1) is 11.1 Å². The van der Waals surface area contributed by atoms with E-state index in [1.807, 2.05) is 0 Å². The van der Waals surface area contributed by atoms with Crippen molar-refractivity contribution < 1.29 is 4.79 Å². The zero-order valence-electron chi connectivity index (χ0n) is 15.5. The number of anilines is 3. The fourth-order valence-electron chi connectivity index (χ4n) is 4.28. The number of carbonyl (C=O) groups is 1. The molecule has 10 nitrogen and oxygen atoms in total. The van der Waals surface area contributed by atoms with Crippen molar-refractivity contribution in [2.75, 3.05) is 10.6 Å². The van der Waals surface area contributed by atoms with Crippen LogP contribution in [0.15, 0.2) is 32.6 Å². The van der Waals surface area contributed by atoms with E-state index in [-0.39, 0.29) is 27.5 Å². The second-order valence-corrected chi connectivity index (χ2v) is 7.95. The van der Waals surface area contributed by atoms with Gasteiger partial charge in [0.25, 0.3) is 11.1 Å². The van der Waals surface area contributed by atoms with Crippen molar-refractivity contribution in [2.24, 2.45) is 14.1 Å². The third-order valence-corrected chi connectivity index (χ3v) is 6.01. The number of nitrogens with zero attached hydrogens (tertiary/aromatic N) is 2. The van der Waals surface area contributed by atoms with Gasteiger partial charge in [0.2, 0.25) is 5.91 Å². The molecule has 4 heterocycles. The standard InChI is InChI=1S/C18H13ClN6O4S/c1-24-12-10(14(27)25(2)17(24)29)18(9-11(21-12)22-16(30)23-13(9)26)7-5-6(19)3-4-8(7)20-15(18)28/h3-5H,1-2H3,(H,20,28)(H3,21,22,23,26,30). The molecule has 2 aromatic heterocycles. The van der Waals surface area contributed by atoms with E-state index in [2.05, 4.69) is 20.6 Å². The van der Waals surface area contributed by atoms with Gasteiger partial charge in [-0.3, -0.25) is 28.5 Å². The fraction of sp³-hybridized carbons (Fsp3) is 0.167. The first-order valence-electron chi connectivity index (χ1n) is 8.74. The summed E-state index contributed by atoms with van der Waals surface area (Å²) in [5.74, 6) is -0.423. The first-order valence-corrected chi connectivity index (χ1v) is 9.52. The maximum Gasteiger partial charge on any atom is 0.332 e. The van der Waals surface area contributed by atoms with E-state index in [0.717, 1.165) is 4.57 Å². The average molecular weight is 445 g/mol. The van der Waals surface area contributed by atoms with E-state index in [4.69, 9.17) is 23.8 Å². The minimum atomic E-state index is -1.84. The van der Waals surface area contributed by atoms with Crippen LogP contribution in [-0.2, 0) is 24.3 Å². The lowest BCUT2D eigenvalue weighted by Gasteiger charge is -2.35. The second kappa shape index (κ2) is 5.80. The third kappa shape index (κ3) is 2.05. The summed E-state index contributed by atoms with van der Waals surface area (Å²) in [6.07, 6.45) is 0. The molecule has 12 heteroatoms. The molecule has 0 saturated carbocycles. The van der Waals surface area contributed by atoms with Gasteiger partial charge >= 0.3 is 5.69 Å². The Morgan fingerprint density at radius 3 is 2.47 bits per heavy atom. The predicted molar refractivity (Wildman–Crippen MR) is 112 cm³/mol. The number of fused-ring (bicyclic) bond motifs is 6. The Morgan fingerprint density at radius 2 is 1.73 bits per heavy atom. The van der Waals surface area contributed by atoms with Crippen LogP contribution >= 0.6 is 23.8 Å². The minimum absolute atomic E-state index is 0.0170. The Hall–Kier alpha value is -3.44. The third-order valence-electron chi connectivity index (χ3n) is 5.58. The van der Waals surface area contributed by atoms with Crippen LogP contribution in [0.2, 0.25) is 5.02 Å². The van der Waals surface area contributed by atoms with Crippen molar-refractivity contribution in [2.45, 2.75) is 5.41 Å². The summed E-state index contributed by atoms with van der Waals surface area (Å²) in [5.41, 5.74) is -3.17. The maximum atomic E-state index is 13.5. The first kappa shape index (κ1) is 18.6. The lowest BCUT2D eigenvalue weighted by Crippen LogP contribution is -2.52. The van der Waals surface area contributed by atoms with E-state index < -0.39 is 28.1 Å². The van der Waals surface area contributed by atoms with Gasteiger partial charge in [0.15, 0.2) is 4.77 Å². The first-order chi connectivity index (χ1) is 14.2. The number of H-pyrrole nitrogens is 2. The quantitative estimate of drug-likeness (QED) is 0.379. The number of rotatable bonds is 0. The summed E-state index contributed by atoms with van der Waals surface area (Å²) in [6, 6.07) is 4.71. The highest BCUT2D eigenvalue weighted by molar-refractivity contribution is 7.71. The molecule has 3 aromatic rings. The Kier molecular flexibility index (Phi) is 3.59. The molecule has 1 atom stereocenters. The van der Waals surface area contributed by atoms with E-state index in [0.29, 0.717) is 16.3 Å². The smallest absolute Gasteiger partial charge is 0.327 e. The molecule has 4 N–H and O–H groups in total. The van der Waals surface area contributed by atoms with Crippen LogP contribution in [-0.4, -0.2) is 25.0 Å². The van der Waals surface area contributed by atoms with Crippen molar-refractivity contribution in [1.82, 2.24) is 19.1 Å². The van der Waals surface area contributed by atoms with Crippen molar-refractivity contribution in [3.8, 4) is 0 Å². The van der Waals surface area contributed by atoms with Crippen LogP contribution in [0.3, 0.4) is 0 Å². The molecule has 1 amide bonds. The Morgan fingerprint density at radius 1 is 1.00 bits per heavy atom. The number of hydrogen-bond donors (Lipinski definition) is 4. The molecule has 0 bridgehead atoms. The average Bonchev–Trinajstić information content (AvgIpc) is 2.96. The number of aromatic nitrogens is 4. The van der Waals surface area contributed by atoms with Crippen molar-refractivity contribution in [3.63, 3.8) is 0 Å². The molecular weight excluding hydrogens is 432 g/mol. The minimum Gasteiger partial charge on any atom is -0.327 e. The zero-order valence-corrected chi connectivity index (χ0v) is 17.1. The SMILES string of the molecule is Cn1c2c(c(=O)n(C)c1=O)C1(C(=O)Nc3ccc(Cl)cc31)c1c([nH]c(=S)[nH]c1=O)N2. The van der Waals surface area contributed by atoms with Crippen LogP contribution in [0.25, 0.3) is 0 Å². The van der Waals surface area contributed by atoms with Gasteiger partial charge in [-0.2, -0.15) is 0 Å². The van der Waals surface area contributed by atoms with Crippen molar-refractivity contribution >= 4 is 47.0 Å². The summed E-state index contributed by atoms with van der Waals surface area (Å²) in [7, 11) is 2.77. The highest BCUT2D eigenvalue weighted by atomic mass is 35.5. The van der Waals surface area contributed by atoms with Gasteiger partial charge < -0.3 is 15.6 Å². The van der Waals surface area contributed by atoms with Gasteiger partial charge in [-0.15, -0.1) is 0 Å². The summed E-state index contributed by atoms with van der Waals surface area (Å²) >= 11 is 11.3. The monoisotopic (exact) mass is 444 g/mol. The van der Waals surface area contributed by atoms with Crippen LogP contribution < -0.4 is 27.4 Å². The molecule has 2 aliphatic heterocycles. The summed E-state index contributed by atoms with van der Waals surface area (Å²) < 4.78 is 2.11. The van der Waals surface area contributed by atoms with Crippen LogP contribution in [0.1, 0.15) is 16.7 Å². The van der Waals surface area contributed by atoms with E-state index in [1.165, 1.54) is 24.7 Å². The molecule has 1 aromatic carbocycles. The molecule has 30 heavy (non-hydrogen) atoms. The van der Waals surface area contributed by atoms with E-state index in [9.17, 15) is 19.2 Å². The van der Waals surface area contributed by atoms with Gasteiger partial charge in [-0.05, 0) is 30.4 Å². The number of amides is 1. The summed E-state index contributed by atoms with van der Waals surface area (Å²) in [5, 5.41) is 5.96. The number of carbonyl (C=O) groups excluding carboxylic acids is 1. The van der Waals surface area contributed by atoms with E-state index >= 15 is 0 Å². The Balaban J connectivity index is 2.11. The number of aromatic amines is 2. The molecule has 0 aliphatic carbocycles. The number of halogens is 1. The lowest BCUT2D eigenvalue weighted by molar-refractivity contribution is -0.118. The normalized spacial score (nSPS) is 18.4. The molecule has 0 saturated heterocycles. The molecule has 5 rings (SSSR count). The molecular formula is C18H13ClN6O4S. The Bertz CT molecular complexity index is 1550. The van der Waals surface area contributed by atoms with Crippen LogP contribution in [0, 0.1) is 4.77 Å². The largest absolute Gasteiger partial charge is 0.332 e. The van der Waals surface area contributed by atoms with Gasteiger partial charge in [0, 0.05) is 30.4 Å². The number of nitrogens with one attached hydrogen (secondary N) is 4. The molecule has 1 spiro atoms. The van der Waals surface area contributed by atoms with Gasteiger partial charge in [0.1, 0.15) is 17.1 Å². The summed E-state index contributed by atoms with van der Waals surface area (Å²) in [6.45, 7) is 0. The molecule has 2 aliphatic rings. The number of benzene rings is 1. The van der Waals surface area contributed by atoms with Gasteiger partial charge in [-0.25, -0.2) is 4.79 Å². The second-order valence-electron chi connectivity index (χ2n) is 7.11. The molecule has 0 fully saturated rings. The highest BCUT2D eigenvalue weighted by Crippen LogP contribution is 2.52. The molecule has 0 radical (unpaired) electrons. The topological polar surface area (TPSA) is 134 Å². The lowest BCUT2D eigenvalue weighted by atomic mass is 9.69. The van der Waals surface area contributed by atoms with Crippen LogP contribution in [0.4, 0.5) is 17.3 Å². The molecule has 1 unspecified atom stereocenters. The van der Waals surface area contributed by atoms with Gasteiger partial charge in [-0.1, -0.05) is 11.6 Å². The molecule has 152 valence electrons. The van der Waals surface area contributed by atoms with Crippen molar-refractivity contribution in [1.29, 1.82) is 0 Å². The number of hydrogen-bond acceptors (Lipinski definition) is 6. The van der Waals surface area contributed by atoms with Crippen LogP contribution in [0.5, 0.6) is 0 Å². The maximum absolute atomic E-state index is 13.5. The predicted octanol–water partition coefficient (Wildman–Crippen LogP) is 0.827. The van der Waals surface area contributed by atoms with E-state index in [1.54, 1.807) is 12.1 Å². The summed E-state index contributed by atoms with van der Waals surface area (Å²) in [4.78, 5) is 57.8. The fourth-order valence-corrected chi connectivity index (χ4v) is 4.65. The Labute approximate surface area is 177 Å². The van der Waals surface area contributed by atoms with Crippen molar-refractivity contribution in [3.05, 3.63) is 75.9 Å². The highest BCUT2D eigenvalue weighted by Gasteiger charge is 2.58. The zero-order chi connectivity index (χ0) is 21.5.